The molecule has 1 saturated heterocycles. The van der Waals surface area contributed by atoms with Gasteiger partial charge in [0.1, 0.15) is 5.92 Å². The molecule has 6 heteroatoms. The average molecular weight is 364 g/mol. The molecule has 27 heavy (non-hydrogen) atoms. The van der Waals surface area contributed by atoms with Gasteiger partial charge in [-0.15, -0.1) is 0 Å². The molecule has 0 aromatic heterocycles. The second-order valence-electron chi connectivity index (χ2n) is 6.47. The van der Waals surface area contributed by atoms with E-state index >= 15 is 0 Å². The van der Waals surface area contributed by atoms with Crippen molar-refractivity contribution in [2.24, 2.45) is 5.92 Å². The number of rotatable bonds is 3. The Labute approximate surface area is 157 Å². The minimum atomic E-state index is -0.828. The van der Waals surface area contributed by atoms with Crippen molar-refractivity contribution in [1.29, 1.82) is 0 Å². The highest BCUT2D eigenvalue weighted by molar-refractivity contribution is 5.90. The van der Waals surface area contributed by atoms with Gasteiger partial charge in [0.2, 0.25) is 0 Å². The first kappa shape index (κ1) is 17.1. The number of hydrazine groups is 1. The molecular weight excluding hydrogens is 344 g/mol. The molecule has 2 heterocycles. The Morgan fingerprint density at radius 2 is 1.56 bits per heavy atom. The van der Waals surface area contributed by atoms with E-state index in [2.05, 4.69) is 0 Å². The maximum atomic E-state index is 12.8. The zero-order chi connectivity index (χ0) is 19.0. The topological polar surface area (TPSA) is 59.1 Å². The molecule has 6 nitrogen and oxygen atoms in total. The lowest BCUT2D eigenvalue weighted by Gasteiger charge is -2.36. The Hall–Kier alpha value is -3.28. The van der Waals surface area contributed by atoms with E-state index in [0.717, 1.165) is 16.8 Å². The summed E-state index contributed by atoms with van der Waals surface area (Å²) in [5, 5.41) is 3.76. The monoisotopic (exact) mass is 364 g/mol. The van der Waals surface area contributed by atoms with E-state index in [-0.39, 0.29) is 6.04 Å². The Morgan fingerprint density at radius 1 is 0.889 bits per heavy atom. The molecule has 2 aliphatic heterocycles. The Bertz CT molecular complexity index is 880. The number of hydrogen-bond acceptors (Lipinski definition) is 6. The van der Waals surface area contributed by atoms with Gasteiger partial charge in [0, 0.05) is 6.20 Å². The van der Waals surface area contributed by atoms with Crippen molar-refractivity contribution in [3.63, 3.8) is 0 Å². The van der Waals surface area contributed by atoms with Crippen molar-refractivity contribution < 1.29 is 19.1 Å². The molecule has 1 unspecified atom stereocenters. The minimum Gasteiger partial charge on any atom is -0.469 e. The van der Waals surface area contributed by atoms with E-state index in [1.165, 1.54) is 14.2 Å². The number of fused-ring (bicyclic) bond motifs is 3. The summed E-state index contributed by atoms with van der Waals surface area (Å²) in [5.74, 6) is -1.65. The van der Waals surface area contributed by atoms with Crippen molar-refractivity contribution in [2.45, 2.75) is 12.1 Å². The number of benzene rings is 2. The zero-order valence-electron chi connectivity index (χ0n) is 15.1. The number of anilines is 1. The fourth-order valence-corrected chi connectivity index (χ4v) is 3.99. The van der Waals surface area contributed by atoms with Crippen LogP contribution in [0.3, 0.4) is 0 Å². The third-order valence-corrected chi connectivity index (χ3v) is 5.14. The normalized spacial score (nSPS) is 22.8. The van der Waals surface area contributed by atoms with Crippen LogP contribution in [0.1, 0.15) is 17.2 Å². The van der Waals surface area contributed by atoms with Gasteiger partial charge < -0.3 is 9.47 Å². The average Bonchev–Trinajstić information content (AvgIpc) is 3.08. The molecule has 138 valence electrons. The number of esters is 2. The van der Waals surface area contributed by atoms with Gasteiger partial charge >= 0.3 is 11.9 Å². The molecule has 2 aromatic rings. The smallest absolute Gasteiger partial charge is 0.331 e. The molecule has 1 fully saturated rings. The van der Waals surface area contributed by atoms with E-state index in [1.807, 2.05) is 76.9 Å². The van der Waals surface area contributed by atoms with Crippen molar-refractivity contribution >= 4 is 23.7 Å². The number of ether oxygens (including phenoxy) is 2. The van der Waals surface area contributed by atoms with Gasteiger partial charge in [-0.2, -0.15) is 0 Å². The highest BCUT2D eigenvalue weighted by Crippen LogP contribution is 2.47. The number of hydrogen-bond donors (Lipinski definition) is 0. The first-order valence-corrected chi connectivity index (χ1v) is 8.72. The second kappa shape index (κ2) is 6.79. The van der Waals surface area contributed by atoms with Crippen LogP contribution >= 0.6 is 0 Å². The summed E-state index contributed by atoms with van der Waals surface area (Å²) in [7, 11) is 2.68. The highest BCUT2D eigenvalue weighted by Gasteiger charge is 2.56. The molecule has 4 rings (SSSR count). The molecule has 2 aromatic carbocycles. The van der Waals surface area contributed by atoms with Gasteiger partial charge in [-0.1, -0.05) is 42.5 Å². The molecular formula is C21H20N2O4. The van der Waals surface area contributed by atoms with Crippen LogP contribution in [0.15, 0.2) is 60.8 Å². The van der Waals surface area contributed by atoms with E-state index in [4.69, 9.17) is 9.47 Å². The molecule has 0 amide bonds. The van der Waals surface area contributed by atoms with Crippen LogP contribution < -0.4 is 5.01 Å². The first-order chi connectivity index (χ1) is 13.2. The quantitative estimate of drug-likeness (QED) is 0.781. The van der Waals surface area contributed by atoms with Crippen LogP contribution in [0.2, 0.25) is 0 Å². The second-order valence-corrected chi connectivity index (χ2v) is 6.47. The summed E-state index contributed by atoms with van der Waals surface area (Å²) in [5.41, 5.74) is 2.79. The molecule has 2 aliphatic rings. The summed E-state index contributed by atoms with van der Waals surface area (Å²) >= 11 is 0. The van der Waals surface area contributed by atoms with Crippen molar-refractivity contribution in [1.82, 2.24) is 5.01 Å². The standard InChI is InChI=1S/C21H20N2O4/c1-26-20(24)17-18-16-11-7-6-8-14(16)12-13-22(18)23(19(17)21(25)27-2)15-9-4-3-5-10-15/h3-13,17-19H,1-2H3/t17-,18?,19+/m1/s1. The Balaban J connectivity index is 1.92. The van der Waals surface area contributed by atoms with Crippen LogP contribution in [-0.4, -0.2) is 37.2 Å². The fraction of sp³-hybridized carbons (Fsp3) is 0.238. The van der Waals surface area contributed by atoms with Gasteiger partial charge in [-0.25, -0.2) is 4.79 Å². The predicted octanol–water partition coefficient (Wildman–Crippen LogP) is 2.78. The summed E-state index contributed by atoms with van der Waals surface area (Å²) in [4.78, 5) is 25.5. The first-order valence-electron chi connectivity index (χ1n) is 8.72. The predicted molar refractivity (Wildman–Crippen MR) is 100 cm³/mol. The van der Waals surface area contributed by atoms with Gasteiger partial charge in [-0.3, -0.25) is 14.8 Å². The Morgan fingerprint density at radius 3 is 2.26 bits per heavy atom. The minimum absolute atomic E-state index is 0.358. The van der Waals surface area contributed by atoms with Crippen LogP contribution in [0.25, 0.3) is 6.08 Å². The summed E-state index contributed by atoms with van der Waals surface area (Å²) in [6.07, 6.45) is 3.88. The van der Waals surface area contributed by atoms with Gasteiger partial charge in [-0.05, 0) is 29.3 Å². The molecule has 0 saturated carbocycles. The molecule has 0 bridgehead atoms. The lowest BCUT2D eigenvalue weighted by molar-refractivity contribution is -0.153. The van der Waals surface area contributed by atoms with Gasteiger partial charge in [0.15, 0.2) is 6.04 Å². The third kappa shape index (κ3) is 2.65. The van der Waals surface area contributed by atoms with Crippen LogP contribution in [0.5, 0.6) is 0 Å². The molecule has 0 aliphatic carbocycles. The third-order valence-electron chi connectivity index (χ3n) is 5.14. The van der Waals surface area contributed by atoms with Crippen LogP contribution in [0, 0.1) is 5.92 Å². The number of carbonyl (C=O) groups is 2. The van der Waals surface area contributed by atoms with E-state index in [9.17, 15) is 9.59 Å². The maximum Gasteiger partial charge on any atom is 0.331 e. The summed E-state index contributed by atoms with van der Waals surface area (Å²) < 4.78 is 10.1. The summed E-state index contributed by atoms with van der Waals surface area (Å²) in [6, 6.07) is 16.2. The molecule has 0 N–H and O–H groups in total. The van der Waals surface area contributed by atoms with Gasteiger partial charge in [0.05, 0.1) is 25.9 Å². The van der Waals surface area contributed by atoms with E-state index in [0.29, 0.717) is 0 Å². The fourth-order valence-electron chi connectivity index (χ4n) is 3.99. The maximum absolute atomic E-state index is 12.8. The SMILES string of the molecule is COC(=O)[C@@H]1C2c3ccccc3C=CN2N(c2ccccc2)[C@@H]1C(=O)OC. The molecule has 3 atom stereocenters. The highest BCUT2D eigenvalue weighted by atomic mass is 16.5. The van der Waals surface area contributed by atoms with Crippen molar-refractivity contribution in [2.75, 3.05) is 19.2 Å². The molecule has 0 spiro atoms. The Kier molecular flexibility index (Phi) is 4.32. The zero-order valence-corrected chi connectivity index (χ0v) is 15.1. The van der Waals surface area contributed by atoms with Gasteiger partial charge in [0.25, 0.3) is 0 Å². The summed E-state index contributed by atoms with van der Waals surface area (Å²) in [6.45, 7) is 0. The van der Waals surface area contributed by atoms with Crippen molar-refractivity contribution in [3.8, 4) is 0 Å². The molecule has 0 radical (unpaired) electrons. The van der Waals surface area contributed by atoms with Crippen LogP contribution in [0.4, 0.5) is 5.69 Å². The van der Waals surface area contributed by atoms with E-state index < -0.39 is 23.9 Å². The largest absolute Gasteiger partial charge is 0.469 e. The number of para-hydroxylation sites is 1. The number of methoxy groups -OCH3 is 2. The van der Waals surface area contributed by atoms with E-state index in [1.54, 1.807) is 0 Å². The van der Waals surface area contributed by atoms with Crippen LogP contribution in [-0.2, 0) is 19.1 Å². The van der Waals surface area contributed by atoms with Crippen molar-refractivity contribution in [3.05, 3.63) is 71.9 Å². The number of carbonyl (C=O) groups excluding carboxylic acids is 2. The number of nitrogens with zero attached hydrogens (tertiary/aromatic N) is 2. The lowest BCUT2D eigenvalue weighted by Crippen LogP contribution is -2.46. The lowest BCUT2D eigenvalue weighted by atomic mass is 9.85.